The summed E-state index contributed by atoms with van der Waals surface area (Å²) in [5, 5.41) is 2.86. The Hall–Kier alpha value is -2.54. The second kappa shape index (κ2) is 9.41. The summed E-state index contributed by atoms with van der Waals surface area (Å²) in [6.45, 7) is 4.51. The number of aryl methyl sites for hydroxylation is 1. The van der Waals surface area contributed by atoms with Crippen LogP contribution in [-0.2, 0) is 16.4 Å². The van der Waals surface area contributed by atoms with Crippen molar-refractivity contribution < 1.29 is 17.9 Å². The molecule has 1 amide bonds. The van der Waals surface area contributed by atoms with Gasteiger partial charge in [0.1, 0.15) is 5.75 Å². The summed E-state index contributed by atoms with van der Waals surface area (Å²) in [4.78, 5) is 12.2. The third-order valence-corrected chi connectivity index (χ3v) is 4.26. The zero-order chi connectivity index (χ0) is 19.9. The zero-order valence-corrected chi connectivity index (χ0v) is 16.7. The van der Waals surface area contributed by atoms with E-state index in [0.717, 1.165) is 24.8 Å². The first kappa shape index (κ1) is 20.8. The van der Waals surface area contributed by atoms with Gasteiger partial charge in [-0.2, -0.15) is 0 Å². The molecule has 0 heterocycles. The van der Waals surface area contributed by atoms with Gasteiger partial charge in [0.05, 0.1) is 12.4 Å². The largest absolute Gasteiger partial charge is 0.491 e. The number of sulfonamides is 1. The highest BCUT2D eigenvalue weighted by molar-refractivity contribution is 7.92. The summed E-state index contributed by atoms with van der Waals surface area (Å²) in [6.07, 6.45) is 2.87. The Balaban J connectivity index is 1.80. The molecule has 0 aliphatic rings. The van der Waals surface area contributed by atoms with Gasteiger partial charge >= 0.3 is 0 Å². The highest BCUT2D eigenvalue weighted by Crippen LogP contribution is 2.15. The number of nitrogens with one attached hydrogen (secondary N) is 2. The van der Waals surface area contributed by atoms with E-state index in [1.165, 1.54) is 11.6 Å². The molecule has 27 heavy (non-hydrogen) atoms. The van der Waals surface area contributed by atoms with Crippen molar-refractivity contribution in [1.82, 2.24) is 5.32 Å². The topological polar surface area (TPSA) is 84.5 Å². The molecule has 0 unspecified atom stereocenters. The second-order valence-electron chi connectivity index (χ2n) is 6.63. The molecule has 6 nitrogen and oxygen atoms in total. The normalized spacial score (nSPS) is 11.3. The third-order valence-electron chi connectivity index (χ3n) is 3.65. The SMILES string of the molecule is CC(C)Oc1ccc(CCCNC(=O)c2cccc(NS(C)(=O)=O)c2)cc1. The van der Waals surface area contributed by atoms with Gasteiger partial charge in [-0.25, -0.2) is 8.42 Å². The average molecular weight is 391 g/mol. The van der Waals surface area contributed by atoms with E-state index in [9.17, 15) is 13.2 Å². The Kier molecular flexibility index (Phi) is 7.24. The Morgan fingerprint density at radius 1 is 1.11 bits per heavy atom. The van der Waals surface area contributed by atoms with Crippen LogP contribution >= 0.6 is 0 Å². The summed E-state index contributed by atoms with van der Waals surface area (Å²) >= 11 is 0. The summed E-state index contributed by atoms with van der Waals surface area (Å²) in [6, 6.07) is 14.4. The number of hydrogen-bond donors (Lipinski definition) is 2. The number of ether oxygens (including phenoxy) is 1. The fraction of sp³-hybridized carbons (Fsp3) is 0.350. The van der Waals surface area contributed by atoms with E-state index in [2.05, 4.69) is 10.0 Å². The number of carbonyl (C=O) groups is 1. The molecule has 0 spiro atoms. The molecule has 2 rings (SSSR count). The lowest BCUT2D eigenvalue weighted by Crippen LogP contribution is -2.25. The van der Waals surface area contributed by atoms with Crippen molar-refractivity contribution in [1.29, 1.82) is 0 Å². The molecule has 0 radical (unpaired) electrons. The Labute approximate surface area is 161 Å². The number of amides is 1. The van der Waals surface area contributed by atoms with Crippen molar-refractivity contribution in [3.05, 3.63) is 59.7 Å². The van der Waals surface area contributed by atoms with Gasteiger partial charge in [0.15, 0.2) is 0 Å². The van der Waals surface area contributed by atoms with Crippen LogP contribution < -0.4 is 14.8 Å². The number of carbonyl (C=O) groups excluding carboxylic acids is 1. The van der Waals surface area contributed by atoms with E-state index in [4.69, 9.17) is 4.74 Å². The summed E-state index contributed by atoms with van der Waals surface area (Å²) in [7, 11) is -3.37. The summed E-state index contributed by atoms with van der Waals surface area (Å²) in [5.74, 6) is 0.623. The fourth-order valence-corrected chi connectivity index (χ4v) is 3.10. The molecule has 146 valence electrons. The summed E-state index contributed by atoms with van der Waals surface area (Å²) in [5.41, 5.74) is 1.97. The van der Waals surface area contributed by atoms with Crippen LogP contribution in [0.5, 0.6) is 5.75 Å². The van der Waals surface area contributed by atoms with E-state index >= 15 is 0 Å². The van der Waals surface area contributed by atoms with Crippen molar-refractivity contribution in [2.45, 2.75) is 32.8 Å². The van der Waals surface area contributed by atoms with Crippen LogP contribution in [-0.4, -0.2) is 33.2 Å². The maximum absolute atomic E-state index is 12.2. The summed E-state index contributed by atoms with van der Waals surface area (Å²) < 4.78 is 30.5. The number of rotatable bonds is 9. The quantitative estimate of drug-likeness (QED) is 0.644. The molecular weight excluding hydrogens is 364 g/mol. The molecule has 2 aromatic rings. The van der Waals surface area contributed by atoms with Gasteiger partial charge in [-0.3, -0.25) is 9.52 Å². The van der Waals surface area contributed by atoms with E-state index < -0.39 is 10.0 Å². The van der Waals surface area contributed by atoms with E-state index in [-0.39, 0.29) is 12.0 Å². The van der Waals surface area contributed by atoms with Crippen molar-refractivity contribution in [2.75, 3.05) is 17.5 Å². The minimum Gasteiger partial charge on any atom is -0.491 e. The molecule has 0 saturated carbocycles. The molecule has 2 aromatic carbocycles. The van der Waals surface area contributed by atoms with Crippen molar-refractivity contribution >= 4 is 21.6 Å². The predicted octanol–water partition coefficient (Wildman–Crippen LogP) is 3.21. The first-order chi connectivity index (χ1) is 12.7. The number of anilines is 1. The molecule has 0 bridgehead atoms. The Morgan fingerprint density at radius 2 is 1.81 bits per heavy atom. The first-order valence-corrected chi connectivity index (χ1v) is 10.7. The maximum atomic E-state index is 12.2. The Bertz CT molecular complexity index is 862. The smallest absolute Gasteiger partial charge is 0.251 e. The van der Waals surface area contributed by atoms with Crippen molar-refractivity contribution in [3.63, 3.8) is 0 Å². The number of benzene rings is 2. The molecule has 0 atom stereocenters. The monoisotopic (exact) mass is 390 g/mol. The van der Waals surface area contributed by atoms with Gasteiger partial charge in [-0.15, -0.1) is 0 Å². The molecule has 7 heteroatoms. The van der Waals surface area contributed by atoms with Gasteiger partial charge < -0.3 is 10.1 Å². The lowest BCUT2D eigenvalue weighted by Gasteiger charge is -2.10. The van der Waals surface area contributed by atoms with Gasteiger partial charge in [0.2, 0.25) is 10.0 Å². The highest BCUT2D eigenvalue weighted by atomic mass is 32.2. The van der Waals surface area contributed by atoms with Gasteiger partial charge in [-0.1, -0.05) is 18.2 Å². The predicted molar refractivity (Wildman–Crippen MR) is 108 cm³/mol. The molecule has 0 aliphatic heterocycles. The van der Waals surface area contributed by atoms with Crippen molar-refractivity contribution in [3.8, 4) is 5.75 Å². The van der Waals surface area contributed by atoms with Crippen LogP contribution in [0, 0.1) is 0 Å². The van der Waals surface area contributed by atoms with Crippen LogP contribution in [0.4, 0.5) is 5.69 Å². The van der Waals surface area contributed by atoms with E-state index in [0.29, 0.717) is 17.8 Å². The first-order valence-electron chi connectivity index (χ1n) is 8.84. The second-order valence-corrected chi connectivity index (χ2v) is 8.37. The molecule has 2 N–H and O–H groups in total. The minimum absolute atomic E-state index is 0.150. The zero-order valence-electron chi connectivity index (χ0n) is 15.9. The molecule has 0 fully saturated rings. The van der Waals surface area contributed by atoms with Crippen molar-refractivity contribution in [2.24, 2.45) is 0 Å². The van der Waals surface area contributed by atoms with E-state index in [1.807, 2.05) is 38.1 Å². The maximum Gasteiger partial charge on any atom is 0.251 e. The van der Waals surface area contributed by atoms with Crippen LogP contribution in [0.2, 0.25) is 0 Å². The van der Waals surface area contributed by atoms with Crippen LogP contribution in [0.3, 0.4) is 0 Å². The molecule has 0 aromatic heterocycles. The molecule has 0 saturated heterocycles. The van der Waals surface area contributed by atoms with Gasteiger partial charge in [0, 0.05) is 17.8 Å². The van der Waals surface area contributed by atoms with Crippen LogP contribution in [0.15, 0.2) is 48.5 Å². The lowest BCUT2D eigenvalue weighted by molar-refractivity contribution is 0.0953. The molecule has 0 aliphatic carbocycles. The van der Waals surface area contributed by atoms with Crippen LogP contribution in [0.1, 0.15) is 36.2 Å². The number of hydrogen-bond acceptors (Lipinski definition) is 4. The standard InChI is InChI=1S/C20H26N2O4S/c1-15(2)26-19-11-9-16(10-12-19)6-5-13-21-20(23)17-7-4-8-18(14-17)22-27(3,24)25/h4,7-12,14-15,22H,5-6,13H2,1-3H3,(H,21,23). The highest BCUT2D eigenvalue weighted by Gasteiger charge is 2.08. The Morgan fingerprint density at radius 3 is 2.44 bits per heavy atom. The lowest BCUT2D eigenvalue weighted by atomic mass is 10.1. The van der Waals surface area contributed by atoms with E-state index in [1.54, 1.807) is 18.2 Å². The van der Waals surface area contributed by atoms with Crippen LogP contribution in [0.25, 0.3) is 0 Å². The van der Waals surface area contributed by atoms with Gasteiger partial charge in [0.25, 0.3) is 5.91 Å². The molecular formula is C20H26N2O4S. The average Bonchev–Trinajstić information content (AvgIpc) is 2.58. The third kappa shape index (κ3) is 7.70. The fourth-order valence-electron chi connectivity index (χ4n) is 2.54. The minimum atomic E-state index is -3.37. The van der Waals surface area contributed by atoms with Gasteiger partial charge in [-0.05, 0) is 62.6 Å².